The standard InChI is InChI=1S/C28H46FN7O4S/c1-7-11-12-13-14-25(37)40-18-23-26(29)27(31-24-15-19(5)33-34-24)32-28(30-23)35(6)22-16-20(8-2)36(21(9-3)17-22)41(38,39)10-4/h15,20-22H,7-14,16-18H2,1-6H3,(H2,30,31,32,33,34)/t20-,21+,22?. The van der Waals surface area contributed by atoms with E-state index in [0.717, 1.165) is 31.4 Å². The Morgan fingerprint density at radius 3 is 2.39 bits per heavy atom. The Hall–Kier alpha value is -2.80. The Labute approximate surface area is 243 Å². The van der Waals surface area contributed by atoms with Gasteiger partial charge in [0, 0.05) is 43.4 Å². The summed E-state index contributed by atoms with van der Waals surface area (Å²) in [5, 5.41) is 9.86. The van der Waals surface area contributed by atoms with Crippen molar-refractivity contribution in [3.63, 3.8) is 0 Å². The van der Waals surface area contributed by atoms with Crippen LogP contribution in [0.5, 0.6) is 0 Å². The second-order valence-electron chi connectivity index (χ2n) is 10.8. The summed E-state index contributed by atoms with van der Waals surface area (Å²) in [4.78, 5) is 23.2. The van der Waals surface area contributed by atoms with Gasteiger partial charge in [-0.05, 0) is 46.0 Å². The Morgan fingerprint density at radius 1 is 1.15 bits per heavy atom. The molecule has 11 nitrogen and oxygen atoms in total. The number of sulfonamides is 1. The van der Waals surface area contributed by atoms with Crippen LogP contribution in [-0.2, 0) is 26.2 Å². The van der Waals surface area contributed by atoms with Gasteiger partial charge >= 0.3 is 5.97 Å². The molecule has 3 heterocycles. The first-order valence-corrected chi connectivity index (χ1v) is 16.4. The topological polar surface area (TPSA) is 133 Å². The molecule has 230 valence electrons. The van der Waals surface area contributed by atoms with Crippen molar-refractivity contribution < 1.29 is 22.3 Å². The first kappa shape index (κ1) is 32.7. The molecule has 3 atom stereocenters. The van der Waals surface area contributed by atoms with E-state index in [1.54, 1.807) is 17.3 Å². The van der Waals surface area contributed by atoms with Crippen LogP contribution in [0.15, 0.2) is 6.07 Å². The molecule has 0 radical (unpaired) electrons. The number of aryl methyl sites for hydroxylation is 1. The number of nitrogens with zero attached hydrogens (tertiary/aromatic N) is 5. The molecule has 0 aromatic carbocycles. The van der Waals surface area contributed by atoms with E-state index in [1.165, 1.54) is 0 Å². The van der Waals surface area contributed by atoms with E-state index in [4.69, 9.17) is 4.74 Å². The lowest BCUT2D eigenvalue weighted by atomic mass is 9.90. The van der Waals surface area contributed by atoms with Crippen LogP contribution >= 0.6 is 0 Å². The van der Waals surface area contributed by atoms with Crippen molar-refractivity contribution in [2.45, 2.75) is 117 Å². The number of carbonyl (C=O) groups is 1. The van der Waals surface area contributed by atoms with Crippen LogP contribution in [0.1, 0.15) is 96.9 Å². The Bertz CT molecular complexity index is 1240. The summed E-state index contributed by atoms with van der Waals surface area (Å²) in [7, 11) is -1.53. The molecule has 1 unspecified atom stereocenters. The van der Waals surface area contributed by atoms with E-state index in [9.17, 15) is 13.2 Å². The second-order valence-corrected chi connectivity index (χ2v) is 12.9. The Kier molecular flexibility index (Phi) is 11.9. The number of unbranched alkanes of at least 4 members (excludes halogenated alkanes) is 3. The number of aromatic amines is 1. The molecule has 1 fully saturated rings. The number of ether oxygens (including phenoxy) is 1. The van der Waals surface area contributed by atoms with Crippen molar-refractivity contribution in [1.82, 2.24) is 24.5 Å². The number of hydrogen-bond donors (Lipinski definition) is 2. The van der Waals surface area contributed by atoms with Gasteiger partial charge in [-0.25, -0.2) is 17.8 Å². The molecule has 13 heteroatoms. The fourth-order valence-electron chi connectivity index (χ4n) is 5.34. The van der Waals surface area contributed by atoms with E-state index in [0.29, 0.717) is 31.5 Å². The summed E-state index contributed by atoms with van der Waals surface area (Å²) in [5.74, 6) is -0.480. The number of nitrogens with one attached hydrogen (secondary N) is 2. The average molecular weight is 596 g/mol. The molecule has 3 rings (SSSR count). The second kappa shape index (κ2) is 14.9. The molecule has 1 aliphatic rings. The van der Waals surface area contributed by atoms with Gasteiger partial charge in [0.05, 0.1) is 5.75 Å². The molecule has 0 amide bonds. The summed E-state index contributed by atoms with van der Waals surface area (Å²) < 4.78 is 48.6. The van der Waals surface area contributed by atoms with Crippen LogP contribution in [-0.4, -0.2) is 69.8 Å². The number of piperidine rings is 1. The summed E-state index contributed by atoms with van der Waals surface area (Å²) in [5.41, 5.74) is 0.755. The number of H-pyrrole nitrogens is 1. The first-order valence-electron chi connectivity index (χ1n) is 14.8. The van der Waals surface area contributed by atoms with Crippen molar-refractivity contribution in [1.29, 1.82) is 0 Å². The molecule has 2 aromatic heterocycles. The van der Waals surface area contributed by atoms with Crippen LogP contribution in [0, 0.1) is 12.7 Å². The molecule has 2 aromatic rings. The number of rotatable bonds is 15. The van der Waals surface area contributed by atoms with Crippen LogP contribution in [0.2, 0.25) is 0 Å². The number of aromatic nitrogens is 4. The third kappa shape index (κ3) is 8.37. The minimum absolute atomic E-state index is 0.0383. The van der Waals surface area contributed by atoms with Gasteiger partial charge in [0.15, 0.2) is 17.5 Å². The summed E-state index contributed by atoms with van der Waals surface area (Å²) >= 11 is 0. The number of halogens is 1. The third-order valence-electron chi connectivity index (χ3n) is 7.76. The molecule has 1 aliphatic heterocycles. The van der Waals surface area contributed by atoms with Crippen LogP contribution in [0.25, 0.3) is 0 Å². The zero-order chi connectivity index (χ0) is 30.2. The lowest BCUT2D eigenvalue weighted by Gasteiger charge is -2.46. The molecular formula is C28H46FN7O4S. The van der Waals surface area contributed by atoms with Gasteiger partial charge in [0.1, 0.15) is 12.3 Å². The van der Waals surface area contributed by atoms with Gasteiger partial charge in [-0.1, -0.05) is 40.0 Å². The number of anilines is 3. The highest BCUT2D eigenvalue weighted by atomic mass is 32.2. The molecule has 41 heavy (non-hydrogen) atoms. The molecule has 0 saturated carbocycles. The molecule has 0 spiro atoms. The van der Waals surface area contributed by atoms with Gasteiger partial charge in [0.2, 0.25) is 16.0 Å². The van der Waals surface area contributed by atoms with Gasteiger partial charge in [-0.2, -0.15) is 14.4 Å². The summed E-state index contributed by atoms with van der Waals surface area (Å²) in [6.45, 7) is 9.27. The molecular weight excluding hydrogens is 549 g/mol. The highest BCUT2D eigenvalue weighted by Crippen LogP contribution is 2.34. The van der Waals surface area contributed by atoms with Crippen molar-refractivity contribution >= 4 is 33.6 Å². The SMILES string of the molecule is CCCCCCC(=O)OCc1nc(N(C)C2C[C@@H](CC)N(S(=O)(=O)CC)[C@@H](CC)C2)nc(Nc2cc(C)[nH]n2)c1F. The highest BCUT2D eigenvalue weighted by Gasteiger charge is 2.41. The maximum atomic E-state index is 15.6. The van der Waals surface area contributed by atoms with Crippen LogP contribution < -0.4 is 10.2 Å². The quantitative estimate of drug-likeness (QED) is 0.210. The van der Waals surface area contributed by atoms with Crippen molar-refractivity contribution in [3.05, 3.63) is 23.3 Å². The summed E-state index contributed by atoms with van der Waals surface area (Å²) in [6.07, 6.45) is 6.58. The van der Waals surface area contributed by atoms with Gasteiger partial charge in [-0.15, -0.1) is 0 Å². The van der Waals surface area contributed by atoms with Crippen molar-refractivity contribution in [3.8, 4) is 0 Å². The van der Waals surface area contributed by atoms with Gasteiger partial charge < -0.3 is 15.0 Å². The normalized spacial score (nSPS) is 19.7. The van der Waals surface area contributed by atoms with Crippen LogP contribution in [0.3, 0.4) is 0 Å². The number of hydrogen-bond acceptors (Lipinski definition) is 9. The number of esters is 1. The van der Waals surface area contributed by atoms with E-state index in [-0.39, 0.29) is 54.4 Å². The predicted molar refractivity (Wildman–Crippen MR) is 158 cm³/mol. The van der Waals surface area contributed by atoms with Crippen molar-refractivity contribution in [2.75, 3.05) is 23.0 Å². The lowest BCUT2D eigenvalue weighted by molar-refractivity contribution is -0.145. The fraction of sp³-hybridized carbons (Fsp3) is 0.714. The van der Waals surface area contributed by atoms with E-state index in [2.05, 4.69) is 32.4 Å². The Morgan fingerprint density at radius 2 is 1.83 bits per heavy atom. The van der Waals surface area contributed by atoms with E-state index < -0.39 is 21.8 Å². The molecule has 1 saturated heterocycles. The molecule has 2 N–H and O–H groups in total. The van der Waals surface area contributed by atoms with E-state index in [1.807, 2.05) is 32.7 Å². The van der Waals surface area contributed by atoms with Crippen molar-refractivity contribution in [2.24, 2.45) is 0 Å². The maximum Gasteiger partial charge on any atom is 0.306 e. The van der Waals surface area contributed by atoms with Gasteiger partial charge in [-0.3, -0.25) is 9.89 Å². The maximum absolute atomic E-state index is 15.6. The highest BCUT2D eigenvalue weighted by molar-refractivity contribution is 7.89. The minimum Gasteiger partial charge on any atom is -0.459 e. The number of carbonyl (C=O) groups excluding carboxylic acids is 1. The monoisotopic (exact) mass is 595 g/mol. The zero-order valence-electron chi connectivity index (χ0n) is 25.2. The van der Waals surface area contributed by atoms with Crippen LogP contribution in [0.4, 0.5) is 22.0 Å². The van der Waals surface area contributed by atoms with E-state index >= 15 is 4.39 Å². The smallest absolute Gasteiger partial charge is 0.306 e. The predicted octanol–water partition coefficient (Wildman–Crippen LogP) is 5.21. The largest absolute Gasteiger partial charge is 0.459 e. The fourth-order valence-corrected chi connectivity index (χ4v) is 7.02. The van der Waals surface area contributed by atoms with Gasteiger partial charge in [0.25, 0.3) is 0 Å². The third-order valence-corrected chi connectivity index (χ3v) is 9.73. The minimum atomic E-state index is -3.37. The molecule has 0 aliphatic carbocycles. The average Bonchev–Trinajstić information content (AvgIpc) is 3.38. The zero-order valence-corrected chi connectivity index (χ0v) is 26.1. The molecule has 0 bridgehead atoms. The lowest BCUT2D eigenvalue weighted by Crippen LogP contribution is -2.56. The first-order chi connectivity index (χ1) is 19.5. The Balaban J connectivity index is 1.88. The summed E-state index contributed by atoms with van der Waals surface area (Å²) in [6, 6.07) is 1.32.